The van der Waals surface area contributed by atoms with Gasteiger partial charge in [-0.15, -0.1) is 0 Å². The molecule has 1 saturated carbocycles. The molecule has 0 saturated heterocycles. The molecule has 1 fully saturated rings. The van der Waals surface area contributed by atoms with Gasteiger partial charge in [0.15, 0.2) is 8.32 Å². The van der Waals surface area contributed by atoms with Crippen molar-refractivity contribution in [3.8, 4) is 0 Å². The van der Waals surface area contributed by atoms with E-state index in [4.69, 9.17) is 4.43 Å². The summed E-state index contributed by atoms with van der Waals surface area (Å²) in [7, 11) is -1.59. The Hall–Kier alpha value is -1.38. The van der Waals surface area contributed by atoms with Crippen LogP contribution in [0.4, 0.5) is 0 Å². The summed E-state index contributed by atoms with van der Waals surface area (Å²) in [6.45, 7) is 11.3. The average Bonchev–Trinajstić information content (AvgIpc) is 2.40. The molecule has 2 heteroatoms. The highest BCUT2D eigenvalue weighted by atomic mass is 28.4. The Morgan fingerprint density at radius 3 is 2.33 bits per heavy atom. The topological polar surface area (TPSA) is 9.23 Å². The molecule has 3 rings (SSSR count). The second-order valence-electron chi connectivity index (χ2n) is 7.07. The summed E-state index contributed by atoms with van der Waals surface area (Å²) in [5, 5.41) is 2.56. The highest BCUT2D eigenvalue weighted by molar-refractivity contribution is 6.70. The molecule has 110 valence electrons. The molecule has 0 amide bonds. The van der Waals surface area contributed by atoms with E-state index in [1.807, 2.05) is 0 Å². The summed E-state index contributed by atoms with van der Waals surface area (Å²) >= 11 is 0. The molecule has 0 aromatic heterocycles. The SMILES string of the molecule is C=C(c1cccc2ccccc12)C1(O[Si](C)(C)C)CCC1. The first-order chi connectivity index (χ1) is 9.91. The van der Waals surface area contributed by atoms with Gasteiger partial charge in [0, 0.05) is 0 Å². The Kier molecular flexibility index (Phi) is 3.54. The lowest BCUT2D eigenvalue weighted by molar-refractivity contribution is 0.0433. The molecule has 0 aliphatic heterocycles. The molecule has 0 atom stereocenters. The van der Waals surface area contributed by atoms with E-state index in [-0.39, 0.29) is 5.60 Å². The van der Waals surface area contributed by atoms with E-state index < -0.39 is 8.32 Å². The van der Waals surface area contributed by atoms with Crippen LogP contribution in [-0.2, 0) is 4.43 Å². The number of benzene rings is 2. The van der Waals surface area contributed by atoms with Crippen molar-refractivity contribution >= 4 is 24.7 Å². The van der Waals surface area contributed by atoms with Gasteiger partial charge in [0.25, 0.3) is 0 Å². The van der Waals surface area contributed by atoms with Crippen LogP contribution in [0, 0.1) is 0 Å². The third-order valence-corrected chi connectivity index (χ3v) is 5.33. The van der Waals surface area contributed by atoms with E-state index in [0.29, 0.717) is 0 Å². The van der Waals surface area contributed by atoms with E-state index >= 15 is 0 Å². The molecule has 1 nitrogen and oxygen atoms in total. The van der Waals surface area contributed by atoms with Gasteiger partial charge in [0.1, 0.15) is 0 Å². The number of hydrogen-bond donors (Lipinski definition) is 0. The van der Waals surface area contributed by atoms with Crippen molar-refractivity contribution in [3.05, 3.63) is 54.6 Å². The summed E-state index contributed by atoms with van der Waals surface area (Å²) in [6, 6.07) is 15.0. The third-order valence-electron chi connectivity index (χ3n) is 4.33. The van der Waals surface area contributed by atoms with Crippen LogP contribution in [0.2, 0.25) is 19.6 Å². The van der Waals surface area contributed by atoms with Gasteiger partial charge in [-0.05, 0) is 60.8 Å². The fourth-order valence-electron chi connectivity index (χ4n) is 3.28. The lowest BCUT2D eigenvalue weighted by Crippen LogP contribution is -2.48. The van der Waals surface area contributed by atoms with Crippen LogP contribution in [0.1, 0.15) is 24.8 Å². The maximum absolute atomic E-state index is 6.57. The van der Waals surface area contributed by atoms with Gasteiger partial charge in [-0.25, -0.2) is 0 Å². The Labute approximate surface area is 128 Å². The third kappa shape index (κ3) is 2.70. The van der Waals surface area contributed by atoms with Gasteiger partial charge < -0.3 is 4.43 Å². The summed E-state index contributed by atoms with van der Waals surface area (Å²) in [5.74, 6) is 0. The lowest BCUT2D eigenvalue weighted by atomic mass is 9.72. The molecule has 0 N–H and O–H groups in total. The summed E-state index contributed by atoms with van der Waals surface area (Å²) in [5.41, 5.74) is 2.31. The highest BCUT2D eigenvalue weighted by Gasteiger charge is 2.44. The van der Waals surface area contributed by atoms with Crippen LogP contribution in [0.3, 0.4) is 0 Å². The van der Waals surface area contributed by atoms with E-state index in [9.17, 15) is 0 Å². The van der Waals surface area contributed by atoms with Crippen molar-refractivity contribution in [2.45, 2.75) is 44.5 Å². The van der Waals surface area contributed by atoms with Gasteiger partial charge in [0.05, 0.1) is 5.60 Å². The molecule has 0 unspecified atom stereocenters. The van der Waals surface area contributed by atoms with Gasteiger partial charge >= 0.3 is 0 Å². The van der Waals surface area contributed by atoms with Crippen molar-refractivity contribution in [2.24, 2.45) is 0 Å². The fraction of sp³-hybridized carbons (Fsp3) is 0.368. The quantitative estimate of drug-likeness (QED) is 0.665. The molecule has 1 aliphatic carbocycles. The van der Waals surface area contributed by atoms with Crippen molar-refractivity contribution in [1.82, 2.24) is 0 Å². The molecule has 0 bridgehead atoms. The molecular weight excluding hydrogens is 272 g/mol. The minimum Gasteiger partial charge on any atom is -0.408 e. The summed E-state index contributed by atoms with van der Waals surface area (Å²) < 4.78 is 6.57. The van der Waals surface area contributed by atoms with E-state index in [1.165, 1.54) is 28.3 Å². The molecule has 21 heavy (non-hydrogen) atoms. The number of hydrogen-bond acceptors (Lipinski definition) is 1. The monoisotopic (exact) mass is 296 g/mol. The molecule has 2 aromatic carbocycles. The number of fused-ring (bicyclic) bond motifs is 1. The van der Waals surface area contributed by atoms with Crippen LogP contribution in [0.15, 0.2) is 49.0 Å². The zero-order valence-electron chi connectivity index (χ0n) is 13.3. The van der Waals surface area contributed by atoms with Gasteiger partial charge in [0.2, 0.25) is 0 Å². The van der Waals surface area contributed by atoms with Gasteiger partial charge in [-0.3, -0.25) is 0 Å². The lowest BCUT2D eigenvalue weighted by Gasteiger charge is -2.47. The Balaban J connectivity index is 2.04. The van der Waals surface area contributed by atoms with Crippen LogP contribution in [0.25, 0.3) is 16.3 Å². The van der Waals surface area contributed by atoms with E-state index in [1.54, 1.807) is 0 Å². The highest BCUT2D eigenvalue weighted by Crippen LogP contribution is 2.48. The van der Waals surface area contributed by atoms with E-state index in [0.717, 1.165) is 12.8 Å². The molecule has 0 heterocycles. The Morgan fingerprint density at radius 2 is 1.71 bits per heavy atom. The maximum atomic E-state index is 6.57. The summed E-state index contributed by atoms with van der Waals surface area (Å²) in [6.07, 6.45) is 3.47. The average molecular weight is 296 g/mol. The normalized spacial score (nSPS) is 17.5. The van der Waals surface area contributed by atoms with Crippen LogP contribution < -0.4 is 0 Å². The first kappa shape index (κ1) is 14.5. The molecule has 0 spiro atoms. The molecule has 0 radical (unpaired) electrons. The Morgan fingerprint density at radius 1 is 1.05 bits per heavy atom. The molecular formula is C19H24OSi. The maximum Gasteiger partial charge on any atom is 0.184 e. The second-order valence-corrected chi connectivity index (χ2v) is 11.5. The van der Waals surface area contributed by atoms with Crippen molar-refractivity contribution in [3.63, 3.8) is 0 Å². The van der Waals surface area contributed by atoms with Gasteiger partial charge in [-0.1, -0.05) is 49.0 Å². The second kappa shape index (κ2) is 5.11. The standard InChI is InChI=1S/C19H24OSi/c1-15(19(13-8-14-19)20-21(2,3)4)17-12-7-10-16-9-5-6-11-18(16)17/h5-7,9-12H,1,8,13-14H2,2-4H3. The van der Waals surface area contributed by atoms with Crippen LogP contribution in [-0.4, -0.2) is 13.9 Å². The largest absolute Gasteiger partial charge is 0.408 e. The van der Waals surface area contributed by atoms with Crippen molar-refractivity contribution in [1.29, 1.82) is 0 Å². The number of rotatable bonds is 4. The molecule has 2 aromatic rings. The van der Waals surface area contributed by atoms with Crippen LogP contribution >= 0.6 is 0 Å². The van der Waals surface area contributed by atoms with Crippen molar-refractivity contribution < 1.29 is 4.43 Å². The summed E-state index contributed by atoms with van der Waals surface area (Å²) in [4.78, 5) is 0. The predicted octanol–water partition coefficient (Wildman–Crippen LogP) is 5.63. The first-order valence-corrected chi connectivity index (χ1v) is 11.2. The zero-order valence-corrected chi connectivity index (χ0v) is 14.3. The zero-order chi connectivity index (χ0) is 15.1. The Bertz CT molecular complexity index is 672. The van der Waals surface area contributed by atoms with E-state index in [2.05, 4.69) is 68.7 Å². The van der Waals surface area contributed by atoms with Gasteiger partial charge in [-0.2, -0.15) is 0 Å². The van der Waals surface area contributed by atoms with Crippen molar-refractivity contribution in [2.75, 3.05) is 0 Å². The van der Waals surface area contributed by atoms with Crippen LogP contribution in [0.5, 0.6) is 0 Å². The molecule has 1 aliphatic rings. The minimum atomic E-state index is -1.59. The first-order valence-electron chi connectivity index (χ1n) is 7.79. The smallest absolute Gasteiger partial charge is 0.184 e. The minimum absolute atomic E-state index is 0.116. The predicted molar refractivity (Wildman–Crippen MR) is 94.0 cm³/mol. The fourth-order valence-corrected chi connectivity index (χ4v) is 4.78.